The molecule has 0 saturated heterocycles. The molecular formula is C3H2F6O3S2. The van der Waals surface area contributed by atoms with Crippen LogP contribution >= 0.6 is 12.9 Å². The average Bonchev–Trinajstić information content (AvgIpc) is 2.03. The van der Waals surface area contributed by atoms with Gasteiger partial charge in [-0.05, 0) is 12.9 Å². The van der Waals surface area contributed by atoms with Crippen LogP contribution in [0.3, 0.4) is 0 Å². The van der Waals surface area contributed by atoms with Crippen molar-refractivity contribution in [3.05, 3.63) is 0 Å². The Kier molecular flexibility index (Phi) is 3.73. The first-order valence-electron chi connectivity index (χ1n) is 2.62. The zero-order chi connectivity index (χ0) is 11.8. The van der Waals surface area contributed by atoms with Gasteiger partial charge in [-0.15, -0.1) is 0 Å². The predicted molar refractivity (Wildman–Crippen MR) is 34.9 cm³/mol. The summed E-state index contributed by atoms with van der Waals surface area (Å²) in [6, 6.07) is 0. The van der Waals surface area contributed by atoms with Crippen LogP contribution in [-0.2, 0) is 13.7 Å². The van der Waals surface area contributed by atoms with E-state index in [4.69, 9.17) is 0 Å². The summed E-state index contributed by atoms with van der Waals surface area (Å²) >= 11 is 2.35. The Labute approximate surface area is 79.8 Å². The van der Waals surface area contributed by atoms with Crippen molar-refractivity contribution in [2.75, 3.05) is 0 Å². The van der Waals surface area contributed by atoms with E-state index in [9.17, 15) is 34.8 Å². The molecular weight excluding hydrogens is 262 g/mol. The highest BCUT2D eigenvalue weighted by molar-refractivity contribution is 7.96. The fourth-order valence-corrected chi connectivity index (χ4v) is 1.14. The van der Waals surface area contributed by atoms with E-state index >= 15 is 0 Å². The summed E-state index contributed by atoms with van der Waals surface area (Å²) < 4.78 is 94.3. The molecule has 0 N–H and O–H groups in total. The molecule has 0 aromatic rings. The smallest absolute Gasteiger partial charge is 0.203 e. The Morgan fingerprint density at radius 1 is 1.14 bits per heavy atom. The van der Waals surface area contributed by atoms with Gasteiger partial charge in [0.1, 0.15) is 0 Å². The van der Waals surface area contributed by atoms with Gasteiger partial charge in [-0.25, -0.2) is 8.78 Å². The van der Waals surface area contributed by atoms with Crippen molar-refractivity contribution in [3.8, 4) is 0 Å². The van der Waals surface area contributed by atoms with E-state index in [2.05, 4.69) is 16.5 Å². The number of rotatable bonds is 4. The molecule has 3 nitrogen and oxygen atoms in total. The SMILES string of the molecule is O=S(=O)(OS)C(F)(F)C(F)(F)C(F)F. The van der Waals surface area contributed by atoms with Crippen LogP contribution < -0.4 is 0 Å². The lowest BCUT2D eigenvalue weighted by molar-refractivity contribution is -0.226. The lowest BCUT2D eigenvalue weighted by Gasteiger charge is -2.23. The van der Waals surface area contributed by atoms with Gasteiger partial charge in [-0.3, -0.25) is 0 Å². The molecule has 0 aromatic carbocycles. The van der Waals surface area contributed by atoms with E-state index in [-0.39, 0.29) is 0 Å². The van der Waals surface area contributed by atoms with Gasteiger partial charge in [0, 0.05) is 0 Å². The Morgan fingerprint density at radius 3 is 1.71 bits per heavy atom. The Morgan fingerprint density at radius 2 is 1.50 bits per heavy atom. The minimum Gasteiger partial charge on any atom is -0.203 e. The van der Waals surface area contributed by atoms with Crippen LogP contribution in [0.4, 0.5) is 26.3 Å². The first kappa shape index (κ1) is 13.8. The number of hydrogen-bond acceptors (Lipinski definition) is 4. The Balaban J connectivity index is 5.37. The van der Waals surface area contributed by atoms with Crippen molar-refractivity contribution < 1.29 is 38.4 Å². The zero-order valence-electron chi connectivity index (χ0n) is 5.93. The normalized spacial score (nSPS) is 14.9. The second-order valence-corrected chi connectivity index (χ2v) is 3.99. The summed E-state index contributed by atoms with van der Waals surface area (Å²) in [5, 5.41) is -6.05. The number of hydrogen-bond donors (Lipinski definition) is 1. The summed E-state index contributed by atoms with van der Waals surface area (Å²) in [5.74, 6) is -6.05. The largest absolute Gasteiger partial charge is 0.438 e. The van der Waals surface area contributed by atoms with Crippen molar-refractivity contribution in [2.45, 2.75) is 17.6 Å². The molecule has 0 saturated carbocycles. The molecule has 0 radical (unpaired) electrons. The molecule has 0 fully saturated rings. The molecule has 0 aliphatic rings. The molecule has 0 heterocycles. The molecule has 0 spiro atoms. The quantitative estimate of drug-likeness (QED) is 0.477. The van der Waals surface area contributed by atoms with E-state index in [0.717, 1.165) is 0 Å². The van der Waals surface area contributed by atoms with Crippen LogP contribution in [0.5, 0.6) is 0 Å². The van der Waals surface area contributed by atoms with Crippen molar-refractivity contribution in [1.82, 2.24) is 0 Å². The molecule has 11 heteroatoms. The van der Waals surface area contributed by atoms with Crippen LogP contribution in [0.2, 0.25) is 0 Å². The third-order valence-corrected chi connectivity index (χ3v) is 2.76. The summed E-state index contributed by atoms with van der Waals surface area (Å²) in [7, 11) is -6.20. The van der Waals surface area contributed by atoms with Gasteiger partial charge in [-0.1, -0.05) is 0 Å². The highest BCUT2D eigenvalue weighted by Crippen LogP contribution is 2.43. The van der Waals surface area contributed by atoms with Gasteiger partial charge in [0.25, 0.3) is 0 Å². The van der Waals surface area contributed by atoms with Crippen molar-refractivity contribution in [2.24, 2.45) is 0 Å². The molecule has 0 aromatic heterocycles. The standard InChI is InChI=1S/C3H2F6O3S2/c4-1(5)2(6,7)3(8,9)14(10,11)12-13/h1,13H. The Hall–Kier alpha value is -0.160. The molecule has 0 aliphatic heterocycles. The fraction of sp³-hybridized carbons (Fsp3) is 1.00. The van der Waals surface area contributed by atoms with E-state index < -0.39 is 27.7 Å². The van der Waals surface area contributed by atoms with E-state index in [1.165, 1.54) is 0 Å². The van der Waals surface area contributed by atoms with Gasteiger partial charge in [0.2, 0.25) is 0 Å². The molecule has 0 bridgehead atoms. The number of thiol groups is 1. The van der Waals surface area contributed by atoms with Crippen molar-refractivity contribution in [3.63, 3.8) is 0 Å². The molecule has 0 rings (SSSR count). The highest BCUT2D eigenvalue weighted by atomic mass is 32.3. The predicted octanol–water partition coefficient (Wildman–Crippen LogP) is 1.67. The zero-order valence-corrected chi connectivity index (χ0v) is 7.64. The van der Waals surface area contributed by atoms with Gasteiger partial charge in [-0.2, -0.15) is 29.6 Å². The maximum atomic E-state index is 12.2. The molecule has 0 aliphatic carbocycles. The number of alkyl halides is 6. The molecule has 14 heavy (non-hydrogen) atoms. The number of halogens is 6. The van der Waals surface area contributed by atoms with Crippen molar-refractivity contribution >= 4 is 23.0 Å². The third kappa shape index (κ3) is 1.93. The lowest BCUT2D eigenvalue weighted by atomic mass is 10.4. The third-order valence-electron chi connectivity index (χ3n) is 1.07. The van der Waals surface area contributed by atoms with E-state index in [0.29, 0.717) is 0 Å². The maximum absolute atomic E-state index is 12.2. The fourth-order valence-electron chi connectivity index (χ4n) is 0.340. The average molecular weight is 264 g/mol. The summed E-state index contributed by atoms with van der Waals surface area (Å²) in [5.41, 5.74) is 0. The topological polar surface area (TPSA) is 43.4 Å². The van der Waals surface area contributed by atoms with Gasteiger partial charge in [0.15, 0.2) is 0 Å². The molecule has 0 atom stereocenters. The monoisotopic (exact) mass is 264 g/mol. The second-order valence-electron chi connectivity index (χ2n) is 1.97. The minimum absolute atomic E-state index is 2.35. The summed E-state index contributed by atoms with van der Waals surface area (Å²) in [6.07, 6.45) is -4.85. The molecule has 0 amide bonds. The highest BCUT2D eigenvalue weighted by Gasteiger charge is 2.71. The molecule has 0 unspecified atom stereocenters. The summed E-state index contributed by atoms with van der Waals surface area (Å²) in [6.45, 7) is 0. The first-order chi connectivity index (χ1) is 6.00. The van der Waals surface area contributed by atoms with Crippen LogP contribution in [-0.4, -0.2) is 26.0 Å². The summed E-state index contributed by atoms with van der Waals surface area (Å²) in [4.78, 5) is 0. The first-order valence-corrected chi connectivity index (χ1v) is 4.39. The van der Waals surface area contributed by atoms with Gasteiger partial charge >= 0.3 is 27.7 Å². The second kappa shape index (κ2) is 3.77. The van der Waals surface area contributed by atoms with Gasteiger partial charge in [0.05, 0.1) is 0 Å². The van der Waals surface area contributed by atoms with Crippen LogP contribution in [0.25, 0.3) is 0 Å². The van der Waals surface area contributed by atoms with Gasteiger partial charge < -0.3 is 0 Å². The van der Waals surface area contributed by atoms with Crippen molar-refractivity contribution in [1.29, 1.82) is 0 Å². The van der Waals surface area contributed by atoms with E-state index in [1.54, 1.807) is 0 Å². The van der Waals surface area contributed by atoms with Crippen LogP contribution in [0.1, 0.15) is 0 Å². The van der Waals surface area contributed by atoms with E-state index in [1.807, 2.05) is 0 Å². The van der Waals surface area contributed by atoms with Crippen LogP contribution in [0, 0.1) is 0 Å². The van der Waals surface area contributed by atoms with Crippen LogP contribution in [0.15, 0.2) is 0 Å². The lowest BCUT2D eigenvalue weighted by Crippen LogP contribution is -2.51. The maximum Gasteiger partial charge on any atom is 0.438 e. The molecule has 86 valence electrons. The Bertz CT molecular complexity index is 297. The minimum atomic E-state index is -6.20.